The molecule has 2 heterocycles. The normalized spacial score (nSPS) is 18.7. The molecule has 0 spiro atoms. The van der Waals surface area contributed by atoms with Gasteiger partial charge in [-0.25, -0.2) is 0 Å². The van der Waals surface area contributed by atoms with Crippen LogP contribution in [-0.2, 0) is 6.54 Å². The molecule has 1 saturated heterocycles. The van der Waals surface area contributed by atoms with Gasteiger partial charge in [-0.2, -0.15) is 0 Å². The molecule has 1 aromatic rings. The number of thiophene rings is 1. The number of rotatable bonds is 5. The van der Waals surface area contributed by atoms with Gasteiger partial charge in [0.05, 0.1) is 3.79 Å². The quantitative estimate of drug-likeness (QED) is 0.896. The molecule has 1 aliphatic heterocycles. The molecule has 0 amide bonds. The molecule has 96 valence electrons. The zero-order valence-electron chi connectivity index (χ0n) is 10.4. The SMILES string of the molecule is CCN1CCC(CNCc2ccc(Br)s2)CC1. The second-order valence-electron chi connectivity index (χ2n) is 4.71. The van der Waals surface area contributed by atoms with Crippen LogP contribution in [0.3, 0.4) is 0 Å². The Balaban J connectivity index is 1.63. The Kier molecular flexibility index (Phi) is 5.48. The minimum absolute atomic E-state index is 0.876. The summed E-state index contributed by atoms with van der Waals surface area (Å²) in [7, 11) is 0. The van der Waals surface area contributed by atoms with Crippen LogP contribution in [0.4, 0.5) is 0 Å². The average molecular weight is 317 g/mol. The second kappa shape index (κ2) is 6.88. The lowest BCUT2D eigenvalue weighted by atomic mass is 9.97. The fraction of sp³-hybridized carbons (Fsp3) is 0.692. The van der Waals surface area contributed by atoms with E-state index in [0.717, 1.165) is 12.5 Å². The van der Waals surface area contributed by atoms with Crippen LogP contribution in [0.1, 0.15) is 24.6 Å². The van der Waals surface area contributed by atoms with E-state index in [1.54, 1.807) is 0 Å². The number of hydrogen-bond acceptors (Lipinski definition) is 3. The third-order valence-corrected chi connectivity index (χ3v) is 5.14. The van der Waals surface area contributed by atoms with Crippen molar-refractivity contribution in [2.45, 2.75) is 26.3 Å². The fourth-order valence-corrected chi connectivity index (χ4v) is 3.81. The molecule has 1 N–H and O–H groups in total. The van der Waals surface area contributed by atoms with Crippen LogP contribution in [0.2, 0.25) is 0 Å². The van der Waals surface area contributed by atoms with E-state index in [2.05, 4.69) is 45.2 Å². The number of likely N-dealkylation sites (tertiary alicyclic amines) is 1. The maximum Gasteiger partial charge on any atom is 0.0701 e. The van der Waals surface area contributed by atoms with E-state index in [4.69, 9.17) is 0 Å². The number of hydrogen-bond donors (Lipinski definition) is 1. The Morgan fingerprint density at radius 2 is 2.18 bits per heavy atom. The molecule has 1 aromatic heterocycles. The van der Waals surface area contributed by atoms with Crippen LogP contribution in [0.15, 0.2) is 15.9 Å². The Labute approximate surface area is 117 Å². The largest absolute Gasteiger partial charge is 0.312 e. The molecule has 0 aromatic carbocycles. The van der Waals surface area contributed by atoms with E-state index < -0.39 is 0 Å². The topological polar surface area (TPSA) is 15.3 Å². The van der Waals surface area contributed by atoms with E-state index in [9.17, 15) is 0 Å². The molecule has 0 saturated carbocycles. The molecule has 4 heteroatoms. The van der Waals surface area contributed by atoms with E-state index in [1.807, 2.05) is 11.3 Å². The van der Waals surface area contributed by atoms with Crippen molar-refractivity contribution in [3.8, 4) is 0 Å². The van der Waals surface area contributed by atoms with E-state index >= 15 is 0 Å². The summed E-state index contributed by atoms with van der Waals surface area (Å²) in [5.41, 5.74) is 0. The lowest BCUT2D eigenvalue weighted by molar-refractivity contribution is 0.190. The van der Waals surface area contributed by atoms with Gasteiger partial charge in [0.2, 0.25) is 0 Å². The minimum atomic E-state index is 0.876. The van der Waals surface area contributed by atoms with Crippen molar-refractivity contribution in [3.63, 3.8) is 0 Å². The van der Waals surface area contributed by atoms with Crippen molar-refractivity contribution < 1.29 is 0 Å². The zero-order valence-corrected chi connectivity index (χ0v) is 12.8. The highest BCUT2D eigenvalue weighted by molar-refractivity contribution is 9.11. The van der Waals surface area contributed by atoms with Crippen molar-refractivity contribution in [1.29, 1.82) is 0 Å². The predicted molar refractivity (Wildman–Crippen MR) is 78.6 cm³/mol. The first kappa shape index (κ1) is 13.5. The third-order valence-electron chi connectivity index (χ3n) is 3.52. The van der Waals surface area contributed by atoms with Crippen molar-refractivity contribution in [3.05, 3.63) is 20.8 Å². The maximum atomic E-state index is 3.59. The lowest BCUT2D eigenvalue weighted by Gasteiger charge is -2.31. The Morgan fingerprint density at radius 1 is 1.41 bits per heavy atom. The van der Waals surface area contributed by atoms with Gasteiger partial charge in [0.25, 0.3) is 0 Å². The predicted octanol–water partition coefficient (Wildman–Crippen LogP) is 3.33. The Hall–Kier alpha value is 0.1000. The van der Waals surface area contributed by atoms with Gasteiger partial charge in [-0.1, -0.05) is 6.92 Å². The summed E-state index contributed by atoms with van der Waals surface area (Å²) in [5, 5.41) is 3.59. The van der Waals surface area contributed by atoms with Crippen LogP contribution < -0.4 is 5.32 Å². The summed E-state index contributed by atoms with van der Waals surface area (Å²) in [4.78, 5) is 3.97. The zero-order chi connectivity index (χ0) is 12.1. The van der Waals surface area contributed by atoms with Crippen molar-refractivity contribution in [1.82, 2.24) is 10.2 Å². The van der Waals surface area contributed by atoms with Crippen LogP contribution in [0.25, 0.3) is 0 Å². The molecular weight excluding hydrogens is 296 g/mol. The highest BCUT2D eigenvalue weighted by atomic mass is 79.9. The standard InChI is InChI=1S/C13H21BrN2S/c1-2-16-7-5-11(6-8-16)9-15-10-12-3-4-13(14)17-12/h3-4,11,15H,2,5-10H2,1H3. The highest BCUT2D eigenvalue weighted by Gasteiger charge is 2.17. The molecule has 1 aliphatic rings. The second-order valence-corrected chi connectivity index (χ2v) is 7.26. The highest BCUT2D eigenvalue weighted by Crippen LogP contribution is 2.22. The van der Waals surface area contributed by atoms with Gasteiger partial charge in [0.1, 0.15) is 0 Å². The molecule has 17 heavy (non-hydrogen) atoms. The van der Waals surface area contributed by atoms with Crippen LogP contribution >= 0.6 is 27.3 Å². The van der Waals surface area contributed by atoms with Gasteiger partial charge in [-0.3, -0.25) is 0 Å². The van der Waals surface area contributed by atoms with Gasteiger partial charge < -0.3 is 10.2 Å². The third kappa shape index (κ3) is 4.36. The van der Waals surface area contributed by atoms with E-state index in [1.165, 1.54) is 47.7 Å². The van der Waals surface area contributed by atoms with Crippen molar-refractivity contribution >= 4 is 27.3 Å². The number of halogens is 1. The molecule has 2 rings (SSSR count). The molecular formula is C13H21BrN2S. The van der Waals surface area contributed by atoms with Gasteiger partial charge in [-0.05, 0) is 73.0 Å². The van der Waals surface area contributed by atoms with Gasteiger partial charge in [0, 0.05) is 11.4 Å². The van der Waals surface area contributed by atoms with Crippen LogP contribution in [0.5, 0.6) is 0 Å². The van der Waals surface area contributed by atoms with Crippen molar-refractivity contribution in [2.75, 3.05) is 26.2 Å². The van der Waals surface area contributed by atoms with E-state index in [-0.39, 0.29) is 0 Å². The molecule has 2 nitrogen and oxygen atoms in total. The molecule has 0 atom stereocenters. The summed E-state index contributed by atoms with van der Waals surface area (Å²) in [6.45, 7) is 8.23. The fourth-order valence-electron chi connectivity index (χ4n) is 2.35. The van der Waals surface area contributed by atoms with Crippen LogP contribution in [0, 0.1) is 5.92 Å². The van der Waals surface area contributed by atoms with Gasteiger partial charge >= 0.3 is 0 Å². The summed E-state index contributed by atoms with van der Waals surface area (Å²) >= 11 is 5.32. The molecule has 0 aliphatic carbocycles. The first-order valence-corrected chi connectivity index (χ1v) is 8.06. The first-order valence-electron chi connectivity index (χ1n) is 6.45. The lowest BCUT2D eigenvalue weighted by Crippen LogP contribution is -2.36. The summed E-state index contributed by atoms with van der Waals surface area (Å²) < 4.78 is 1.23. The molecule has 0 bridgehead atoms. The number of nitrogens with one attached hydrogen (secondary N) is 1. The Morgan fingerprint density at radius 3 is 2.76 bits per heavy atom. The monoisotopic (exact) mass is 316 g/mol. The first-order chi connectivity index (χ1) is 8.28. The maximum absolute atomic E-state index is 3.59. The number of piperidine rings is 1. The van der Waals surface area contributed by atoms with Gasteiger partial charge in [0.15, 0.2) is 0 Å². The van der Waals surface area contributed by atoms with Gasteiger partial charge in [-0.15, -0.1) is 11.3 Å². The summed E-state index contributed by atoms with van der Waals surface area (Å²) in [6.07, 6.45) is 2.71. The average Bonchev–Trinajstić information content (AvgIpc) is 2.76. The molecule has 0 radical (unpaired) electrons. The smallest absolute Gasteiger partial charge is 0.0701 e. The Bertz CT molecular complexity index is 332. The summed E-state index contributed by atoms with van der Waals surface area (Å²) in [5.74, 6) is 0.876. The van der Waals surface area contributed by atoms with E-state index in [0.29, 0.717) is 0 Å². The number of nitrogens with zero attached hydrogens (tertiary/aromatic N) is 1. The summed E-state index contributed by atoms with van der Waals surface area (Å²) in [6, 6.07) is 4.32. The molecule has 1 fully saturated rings. The van der Waals surface area contributed by atoms with Crippen LogP contribution in [-0.4, -0.2) is 31.1 Å². The van der Waals surface area contributed by atoms with Crippen molar-refractivity contribution in [2.24, 2.45) is 5.92 Å². The molecule has 0 unspecified atom stereocenters. The minimum Gasteiger partial charge on any atom is -0.312 e.